The standard InChI is InChI=1S/C26H22BrNO3S2/c1-3-30-22-14-19(13-21(27)24(22)31-16-18-11-9-17(2)10-12-18)15-23-25(29)28(26(32)33-23)20-7-5-4-6-8-20/h4-15H,3,16H2,1-2H3/b23-15+. The molecule has 33 heavy (non-hydrogen) atoms. The first-order chi connectivity index (χ1) is 16.0. The molecule has 0 unspecified atom stereocenters. The van der Waals surface area contributed by atoms with Crippen LogP contribution in [-0.2, 0) is 11.4 Å². The minimum absolute atomic E-state index is 0.134. The van der Waals surface area contributed by atoms with Crippen LogP contribution in [0, 0.1) is 6.92 Å². The van der Waals surface area contributed by atoms with E-state index in [1.807, 2.05) is 67.6 Å². The van der Waals surface area contributed by atoms with Crippen molar-refractivity contribution in [3.63, 3.8) is 0 Å². The molecular formula is C26H22BrNO3S2. The van der Waals surface area contributed by atoms with Crippen molar-refractivity contribution in [3.8, 4) is 11.5 Å². The topological polar surface area (TPSA) is 38.8 Å². The lowest BCUT2D eigenvalue weighted by molar-refractivity contribution is -0.113. The second-order valence-electron chi connectivity index (χ2n) is 7.39. The molecule has 0 bridgehead atoms. The zero-order valence-corrected chi connectivity index (χ0v) is 21.4. The number of amides is 1. The van der Waals surface area contributed by atoms with Crippen LogP contribution in [0.25, 0.3) is 6.08 Å². The average molecular weight is 541 g/mol. The van der Waals surface area contributed by atoms with Gasteiger partial charge in [0.2, 0.25) is 0 Å². The van der Waals surface area contributed by atoms with Crippen LogP contribution in [0.15, 0.2) is 76.1 Å². The van der Waals surface area contributed by atoms with E-state index in [9.17, 15) is 4.79 Å². The summed E-state index contributed by atoms with van der Waals surface area (Å²) in [7, 11) is 0. The van der Waals surface area contributed by atoms with Crippen molar-refractivity contribution in [1.82, 2.24) is 0 Å². The molecule has 1 aliphatic heterocycles. The molecule has 4 nitrogen and oxygen atoms in total. The average Bonchev–Trinajstić information content (AvgIpc) is 3.08. The van der Waals surface area contributed by atoms with Gasteiger partial charge < -0.3 is 9.47 Å². The van der Waals surface area contributed by atoms with Gasteiger partial charge in [-0.3, -0.25) is 9.69 Å². The normalized spacial score (nSPS) is 14.8. The fraction of sp³-hybridized carbons (Fsp3) is 0.154. The van der Waals surface area contributed by atoms with Gasteiger partial charge in [0.15, 0.2) is 15.8 Å². The van der Waals surface area contributed by atoms with Gasteiger partial charge in [-0.1, -0.05) is 72.0 Å². The van der Waals surface area contributed by atoms with Crippen molar-refractivity contribution in [1.29, 1.82) is 0 Å². The third kappa shape index (κ3) is 5.49. The molecule has 0 atom stereocenters. The number of halogens is 1. The highest BCUT2D eigenvalue weighted by atomic mass is 79.9. The number of carbonyl (C=O) groups excluding carboxylic acids is 1. The lowest BCUT2D eigenvalue weighted by atomic mass is 10.1. The van der Waals surface area contributed by atoms with Crippen LogP contribution >= 0.6 is 39.9 Å². The summed E-state index contributed by atoms with van der Waals surface area (Å²) in [6.45, 7) is 4.90. The van der Waals surface area contributed by atoms with E-state index >= 15 is 0 Å². The van der Waals surface area contributed by atoms with E-state index in [1.54, 1.807) is 4.90 Å². The van der Waals surface area contributed by atoms with Crippen LogP contribution in [0.2, 0.25) is 0 Å². The van der Waals surface area contributed by atoms with Gasteiger partial charge in [-0.2, -0.15) is 0 Å². The van der Waals surface area contributed by atoms with E-state index in [0.717, 1.165) is 21.3 Å². The molecule has 7 heteroatoms. The van der Waals surface area contributed by atoms with Crippen LogP contribution in [0.4, 0.5) is 5.69 Å². The summed E-state index contributed by atoms with van der Waals surface area (Å²) in [6, 6.07) is 21.4. The van der Waals surface area contributed by atoms with Crippen molar-refractivity contribution in [3.05, 3.63) is 92.8 Å². The maximum absolute atomic E-state index is 13.0. The van der Waals surface area contributed by atoms with E-state index in [2.05, 4.69) is 35.0 Å². The van der Waals surface area contributed by atoms with Gasteiger partial charge in [-0.25, -0.2) is 0 Å². The predicted molar refractivity (Wildman–Crippen MR) is 143 cm³/mol. The molecule has 1 heterocycles. The number of anilines is 1. The van der Waals surface area contributed by atoms with Crippen LogP contribution in [0.5, 0.6) is 11.5 Å². The van der Waals surface area contributed by atoms with E-state index < -0.39 is 0 Å². The fourth-order valence-electron chi connectivity index (χ4n) is 3.33. The molecule has 0 aliphatic carbocycles. The molecule has 1 aliphatic rings. The van der Waals surface area contributed by atoms with Crippen LogP contribution in [-0.4, -0.2) is 16.8 Å². The summed E-state index contributed by atoms with van der Waals surface area (Å²) >= 11 is 10.4. The predicted octanol–water partition coefficient (Wildman–Crippen LogP) is 7.14. The number of hydrogen-bond acceptors (Lipinski definition) is 5. The second-order valence-corrected chi connectivity index (χ2v) is 9.92. The van der Waals surface area contributed by atoms with E-state index in [0.29, 0.717) is 33.9 Å². The number of benzene rings is 3. The molecule has 0 saturated carbocycles. The zero-order valence-electron chi connectivity index (χ0n) is 18.2. The number of hydrogen-bond donors (Lipinski definition) is 0. The Bertz CT molecular complexity index is 1210. The number of aryl methyl sites for hydroxylation is 1. The molecular weight excluding hydrogens is 518 g/mol. The summed E-state index contributed by atoms with van der Waals surface area (Å²) in [5, 5.41) is 0. The summed E-state index contributed by atoms with van der Waals surface area (Å²) in [5.41, 5.74) is 3.86. The molecule has 0 aromatic heterocycles. The highest BCUT2D eigenvalue weighted by Gasteiger charge is 2.33. The first-order valence-electron chi connectivity index (χ1n) is 10.4. The number of ether oxygens (including phenoxy) is 2. The van der Waals surface area contributed by atoms with Crippen molar-refractivity contribution in [2.24, 2.45) is 0 Å². The Labute approximate surface area is 211 Å². The first kappa shape index (κ1) is 23.5. The minimum atomic E-state index is -0.134. The van der Waals surface area contributed by atoms with Crippen LogP contribution in [0.3, 0.4) is 0 Å². The maximum Gasteiger partial charge on any atom is 0.270 e. The van der Waals surface area contributed by atoms with Gasteiger partial charge in [0.25, 0.3) is 5.91 Å². The Morgan fingerprint density at radius 2 is 1.79 bits per heavy atom. The molecule has 0 radical (unpaired) electrons. The van der Waals surface area contributed by atoms with Crippen molar-refractivity contribution < 1.29 is 14.3 Å². The molecule has 3 aromatic carbocycles. The SMILES string of the molecule is CCOc1cc(/C=C2/SC(=S)N(c3ccccc3)C2=O)cc(Br)c1OCc1ccc(C)cc1. The summed E-state index contributed by atoms with van der Waals surface area (Å²) in [5.74, 6) is 1.11. The van der Waals surface area contributed by atoms with Crippen molar-refractivity contribution in [2.75, 3.05) is 11.5 Å². The monoisotopic (exact) mass is 539 g/mol. The fourth-order valence-corrected chi connectivity index (χ4v) is 5.21. The third-order valence-corrected chi connectivity index (χ3v) is 6.83. The van der Waals surface area contributed by atoms with Gasteiger partial charge in [-0.05, 0) is 71.2 Å². The summed E-state index contributed by atoms with van der Waals surface area (Å²) in [6.07, 6.45) is 1.83. The molecule has 0 spiro atoms. The molecule has 1 amide bonds. The van der Waals surface area contributed by atoms with Gasteiger partial charge in [0.1, 0.15) is 6.61 Å². The lowest BCUT2D eigenvalue weighted by Gasteiger charge is -2.15. The van der Waals surface area contributed by atoms with Gasteiger partial charge in [0.05, 0.1) is 21.7 Å². The molecule has 4 rings (SSSR count). The Morgan fingerprint density at radius 1 is 1.06 bits per heavy atom. The van der Waals surface area contributed by atoms with Crippen LogP contribution < -0.4 is 14.4 Å². The van der Waals surface area contributed by atoms with Crippen molar-refractivity contribution in [2.45, 2.75) is 20.5 Å². The van der Waals surface area contributed by atoms with E-state index in [4.69, 9.17) is 21.7 Å². The van der Waals surface area contributed by atoms with E-state index in [-0.39, 0.29) is 5.91 Å². The third-order valence-electron chi connectivity index (χ3n) is 4.94. The molecule has 3 aromatic rings. The molecule has 168 valence electrons. The van der Waals surface area contributed by atoms with Crippen LogP contribution in [0.1, 0.15) is 23.6 Å². The lowest BCUT2D eigenvalue weighted by Crippen LogP contribution is -2.27. The molecule has 0 N–H and O–H groups in total. The number of thioether (sulfide) groups is 1. The van der Waals surface area contributed by atoms with Crippen molar-refractivity contribution >= 4 is 61.9 Å². The summed E-state index contributed by atoms with van der Waals surface area (Å²) < 4.78 is 13.2. The number of para-hydroxylation sites is 1. The smallest absolute Gasteiger partial charge is 0.270 e. The minimum Gasteiger partial charge on any atom is -0.490 e. The maximum atomic E-state index is 13.0. The quantitative estimate of drug-likeness (QED) is 0.235. The number of carbonyl (C=O) groups is 1. The Balaban J connectivity index is 1.59. The first-order valence-corrected chi connectivity index (χ1v) is 12.5. The Hall–Kier alpha value is -2.61. The van der Waals surface area contributed by atoms with Gasteiger partial charge >= 0.3 is 0 Å². The Kier molecular flexibility index (Phi) is 7.53. The summed E-state index contributed by atoms with van der Waals surface area (Å²) in [4.78, 5) is 15.2. The molecule has 1 fully saturated rings. The number of rotatable bonds is 7. The highest BCUT2D eigenvalue weighted by molar-refractivity contribution is 9.10. The number of nitrogens with zero attached hydrogens (tertiary/aromatic N) is 1. The van der Waals surface area contributed by atoms with Gasteiger partial charge in [0, 0.05) is 0 Å². The second kappa shape index (κ2) is 10.5. The Morgan fingerprint density at radius 3 is 2.48 bits per heavy atom. The highest BCUT2D eigenvalue weighted by Crippen LogP contribution is 2.40. The molecule has 1 saturated heterocycles. The van der Waals surface area contributed by atoms with Gasteiger partial charge in [-0.15, -0.1) is 0 Å². The van der Waals surface area contributed by atoms with E-state index in [1.165, 1.54) is 17.3 Å². The zero-order chi connectivity index (χ0) is 23.4. The largest absolute Gasteiger partial charge is 0.490 e. The number of thiocarbonyl (C=S) groups is 1.